The van der Waals surface area contributed by atoms with Crippen molar-refractivity contribution in [3.05, 3.63) is 91.6 Å². The molecule has 0 aliphatic carbocycles. The third-order valence-electron chi connectivity index (χ3n) is 4.40. The highest BCUT2D eigenvalue weighted by molar-refractivity contribution is 5.95. The number of Topliss-reactive ketones (excluding diaryl/α,β-unsaturated/α-hetero) is 1. The van der Waals surface area contributed by atoms with E-state index in [-0.39, 0.29) is 18.2 Å². The van der Waals surface area contributed by atoms with Crippen molar-refractivity contribution in [2.75, 3.05) is 0 Å². The first-order chi connectivity index (χ1) is 13.4. The first kappa shape index (κ1) is 19.4. The van der Waals surface area contributed by atoms with Gasteiger partial charge in [0.1, 0.15) is 5.75 Å². The summed E-state index contributed by atoms with van der Waals surface area (Å²) in [6.45, 7) is 5.44. The molecule has 0 unspecified atom stereocenters. The average Bonchev–Trinajstić information content (AvgIpc) is 2.64. The van der Waals surface area contributed by atoms with Crippen LogP contribution in [-0.2, 0) is 13.0 Å². The number of aromatic nitrogens is 2. The minimum atomic E-state index is -0.675. The van der Waals surface area contributed by atoms with Gasteiger partial charge in [0.15, 0.2) is 5.78 Å². The first-order valence-electron chi connectivity index (χ1n) is 9.09. The van der Waals surface area contributed by atoms with E-state index in [0.29, 0.717) is 23.3 Å². The van der Waals surface area contributed by atoms with Crippen molar-refractivity contribution in [3.63, 3.8) is 0 Å². The van der Waals surface area contributed by atoms with Gasteiger partial charge >= 0.3 is 5.69 Å². The normalized spacial score (nSPS) is 10.7. The zero-order chi connectivity index (χ0) is 20.3. The molecule has 6 nitrogen and oxygen atoms in total. The molecule has 2 aromatic carbocycles. The fourth-order valence-corrected chi connectivity index (χ4v) is 3.13. The molecule has 144 valence electrons. The number of carbonyl (C=O) groups excluding carboxylic acids is 1. The Hall–Kier alpha value is -3.41. The Labute approximate surface area is 162 Å². The van der Waals surface area contributed by atoms with E-state index in [2.05, 4.69) is 4.98 Å². The number of carbonyl (C=O) groups is 1. The molecule has 0 saturated heterocycles. The van der Waals surface area contributed by atoms with E-state index in [1.807, 2.05) is 38.1 Å². The topological polar surface area (TPSA) is 81.2 Å². The highest BCUT2D eigenvalue weighted by atomic mass is 16.5. The largest absolute Gasteiger partial charge is 0.440 e. The molecule has 0 atom stereocenters. The smallest absolute Gasteiger partial charge is 0.331 e. The van der Waals surface area contributed by atoms with Gasteiger partial charge in [-0.25, -0.2) is 4.79 Å². The van der Waals surface area contributed by atoms with Crippen molar-refractivity contribution in [1.29, 1.82) is 0 Å². The molecule has 0 saturated carbocycles. The molecule has 0 aliphatic rings. The monoisotopic (exact) mass is 378 g/mol. The van der Waals surface area contributed by atoms with Gasteiger partial charge in [-0.15, -0.1) is 0 Å². The lowest BCUT2D eigenvalue weighted by Crippen LogP contribution is -2.35. The number of rotatable bonds is 6. The highest BCUT2D eigenvalue weighted by Gasteiger charge is 2.19. The SMILES string of the molecule is CCc1c(Oc2cc(C)cc(C)c2)n(CC(=O)c2ccccc2)c(=O)[nH]c1=O. The molecule has 0 fully saturated rings. The van der Waals surface area contributed by atoms with Crippen LogP contribution < -0.4 is 16.0 Å². The molecule has 1 N–H and O–H groups in total. The lowest BCUT2D eigenvalue weighted by Gasteiger charge is -2.16. The van der Waals surface area contributed by atoms with E-state index in [1.165, 1.54) is 4.57 Å². The van der Waals surface area contributed by atoms with Gasteiger partial charge < -0.3 is 4.74 Å². The summed E-state index contributed by atoms with van der Waals surface area (Å²) >= 11 is 0. The van der Waals surface area contributed by atoms with Crippen LogP contribution in [0.1, 0.15) is 34.0 Å². The lowest BCUT2D eigenvalue weighted by atomic mass is 10.1. The maximum absolute atomic E-state index is 12.7. The fraction of sp³-hybridized carbons (Fsp3) is 0.227. The number of benzene rings is 2. The van der Waals surface area contributed by atoms with Crippen molar-refractivity contribution in [3.8, 4) is 11.6 Å². The zero-order valence-electron chi connectivity index (χ0n) is 16.1. The summed E-state index contributed by atoms with van der Waals surface area (Å²) in [6, 6.07) is 14.3. The van der Waals surface area contributed by atoms with Crippen LogP contribution in [0, 0.1) is 13.8 Å². The van der Waals surface area contributed by atoms with Crippen LogP contribution in [0.15, 0.2) is 58.1 Å². The number of ether oxygens (including phenoxy) is 1. The van der Waals surface area contributed by atoms with E-state index in [9.17, 15) is 14.4 Å². The summed E-state index contributed by atoms with van der Waals surface area (Å²) in [7, 11) is 0. The summed E-state index contributed by atoms with van der Waals surface area (Å²) < 4.78 is 7.17. The summed E-state index contributed by atoms with van der Waals surface area (Å²) in [5.41, 5.74) is 1.61. The molecule has 3 rings (SSSR count). The first-order valence-corrected chi connectivity index (χ1v) is 9.09. The zero-order valence-corrected chi connectivity index (χ0v) is 16.1. The number of ketones is 1. The number of nitrogens with one attached hydrogen (secondary N) is 1. The van der Waals surface area contributed by atoms with E-state index in [1.54, 1.807) is 31.2 Å². The van der Waals surface area contributed by atoms with Gasteiger partial charge in [-0.05, 0) is 43.5 Å². The van der Waals surface area contributed by atoms with Gasteiger partial charge in [0.05, 0.1) is 12.1 Å². The summed E-state index contributed by atoms with van der Waals surface area (Å²) in [5, 5.41) is 0. The lowest BCUT2D eigenvalue weighted by molar-refractivity contribution is 0.0966. The average molecular weight is 378 g/mol. The minimum absolute atomic E-state index is 0.102. The van der Waals surface area contributed by atoms with Gasteiger partial charge in [0, 0.05) is 5.56 Å². The number of aromatic amines is 1. The van der Waals surface area contributed by atoms with Crippen LogP contribution >= 0.6 is 0 Å². The molecule has 3 aromatic rings. The van der Waals surface area contributed by atoms with Crippen LogP contribution in [-0.4, -0.2) is 15.3 Å². The molecule has 28 heavy (non-hydrogen) atoms. The third-order valence-corrected chi connectivity index (χ3v) is 4.40. The van der Waals surface area contributed by atoms with Crippen LogP contribution in [0.5, 0.6) is 11.6 Å². The van der Waals surface area contributed by atoms with E-state index < -0.39 is 11.2 Å². The maximum Gasteiger partial charge on any atom is 0.331 e. The number of hydrogen-bond donors (Lipinski definition) is 1. The number of nitrogens with zero attached hydrogens (tertiary/aromatic N) is 1. The quantitative estimate of drug-likeness (QED) is 0.667. The molecule has 0 amide bonds. The molecule has 0 aliphatic heterocycles. The molecule has 0 radical (unpaired) electrons. The van der Waals surface area contributed by atoms with Crippen LogP contribution in [0.25, 0.3) is 0 Å². The third kappa shape index (κ3) is 4.11. The molecule has 0 bridgehead atoms. The molecular formula is C22H22N2O4. The Morgan fingerprint density at radius 3 is 2.29 bits per heavy atom. The molecule has 1 heterocycles. The van der Waals surface area contributed by atoms with Gasteiger partial charge in [-0.2, -0.15) is 0 Å². The second-order valence-electron chi connectivity index (χ2n) is 6.70. The Morgan fingerprint density at radius 2 is 1.68 bits per heavy atom. The Morgan fingerprint density at radius 1 is 1.04 bits per heavy atom. The highest BCUT2D eigenvalue weighted by Crippen LogP contribution is 2.25. The maximum atomic E-state index is 12.7. The number of aryl methyl sites for hydroxylation is 2. The van der Waals surface area contributed by atoms with Crippen molar-refractivity contribution in [2.45, 2.75) is 33.7 Å². The van der Waals surface area contributed by atoms with Gasteiger partial charge in [-0.3, -0.25) is 19.1 Å². The Kier molecular flexibility index (Phi) is 5.59. The van der Waals surface area contributed by atoms with E-state index in [4.69, 9.17) is 4.74 Å². The summed E-state index contributed by atoms with van der Waals surface area (Å²) in [5.74, 6) is 0.366. The molecular weight excluding hydrogens is 356 g/mol. The Bertz CT molecular complexity index is 1110. The fourth-order valence-electron chi connectivity index (χ4n) is 3.13. The predicted molar refractivity (Wildman–Crippen MR) is 107 cm³/mol. The van der Waals surface area contributed by atoms with Crippen molar-refractivity contribution >= 4 is 5.78 Å². The van der Waals surface area contributed by atoms with Crippen molar-refractivity contribution in [2.24, 2.45) is 0 Å². The minimum Gasteiger partial charge on any atom is -0.440 e. The van der Waals surface area contributed by atoms with Crippen molar-refractivity contribution < 1.29 is 9.53 Å². The van der Waals surface area contributed by atoms with Crippen LogP contribution in [0.3, 0.4) is 0 Å². The van der Waals surface area contributed by atoms with Gasteiger partial charge in [0.2, 0.25) is 5.88 Å². The summed E-state index contributed by atoms with van der Waals surface area (Å²) in [4.78, 5) is 39.7. The van der Waals surface area contributed by atoms with Crippen LogP contribution in [0.2, 0.25) is 0 Å². The second-order valence-corrected chi connectivity index (χ2v) is 6.70. The van der Waals surface area contributed by atoms with Crippen LogP contribution in [0.4, 0.5) is 0 Å². The van der Waals surface area contributed by atoms with Crippen molar-refractivity contribution in [1.82, 2.24) is 9.55 Å². The molecule has 6 heteroatoms. The second kappa shape index (κ2) is 8.08. The molecule has 0 spiro atoms. The predicted octanol–water partition coefficient (Wildman–Crippen LogP) is 3.39. The number of hydrogen-bond acceptors (Lipinski definition) is 4. The molecule has 1 aromatic heterocycles. The van der Waals surface area contributed by atoms with Gasteiger partial charge in [0.25, 0.3) is 5.56 Å². The van der Waals surface area contributed by atoms with E-state index in [0.717, 1.165) is 11.1 Å². The van der Waals surface area contributed by atoms with E-state index >= 15 is 0 Å². The number of H-pyrrole nitrogens is 1. The Balaban J connectivity index is 2.10. The van der Waals surface area contributed by atoms with Gasteiger partial charge in [-0.1, -0.05) is 43.3 Å². The standard InChI is InChI=1S/C22H22N2O4/c1-4-18-20(26)23-22(27)24(13-19(25)16-8-6-5-7-9-16)21(18)28-17-11-14(2)10-15(3)12-17/h5-12H,4,13H2,1-3H3,(H,23,26,27). The summed E-state index contributed by atoms with van der Waals surface area (Å²) in [6.07, 6.45) is 0.356.